The number of nitrogens with one attached hydrogen (secondary N) is 1. The Labute approximate surface area is 150 Å². The summed E-state index contributed by atoms with van der Waals surface area (Å²) in [6, 6.07) is 6.62. The third-order valence-electron chi connectivity index (χ3n) is 4.34. The van der Waals surface area contributed by atoms with Crippen molar-refractivity contribution in [3.05, 3.63) is 41.8 Å². The molecule has 3 rings (SSSR count). The van der Waals surface area contributed by atoms with Crippen molar-refractivity contribution in [2.24, 2.45) is 0 Å². The van der Waals surface area contributed by atoms with Gasteiger partial charge in [0.15, 0.2) is 0 Å². The normalized spacial score (nSPS) is 14.6. The number of rotatable bonds is 7. The highest BCUT2D eigenvalue weighted by Gasteiger charge is 2.20. The predicted molar refractivity (Wildman–Crippen MR) is 97.5 cm³/mol. The Morgan fingerprint density at radius 2 is 2.20 bits per heavy atom. The summed E-state index contributed by atoms with van der Waals surface area (Å²) in [5.41, 5.74) is 0.747. The summed E-state index contributed by atoms with van der Waals surface area (Å²) < 4.78 is 20.5. The van der Waals surface area contributed by atoms with Crippen LogP contribution in [-0.4, -0.2) is 28.6 Å². The summed E-state index contributed by atoms with van der Waals surface area (Å²) >= 11 is 1.42. The fourth-order valence-electron chi connectivity index (χ4n) is 3.15. The van der Waals surface area contributed by atoms with Crippen LogP contribution in [0.3, 0.4) is 0 Å². The second-order valence-corrected chi connectivity index (χ2v) is 7.08. The van der Waals surface area contributed by atoms with E-state index in [2.05, 4.69) is 10.4 Å². The average molecular weight is 363 g/mol. The molecular formula is C18H22FN3O2S. The number of aromatic nitrogens is 2. The van der Waals surface area contributed by atoms with Gasteiger partial charge in [-0.3, -0.25) is 4.79 Å². The quantitative estimate of drug-likeness (QED) is 0.807. The van der Waals surface area contributed by atoms with Crippen LogP contribution >= 0.6 is 11.8 Å². The first kappa shape index (κ1) is 17.8. The van der Waals surface area contributed by atoms with Crippen LogP contribution in [0.25, 0.3) is 0 Å². The number of amides is 1. The van der Waals surface area contributed by atoms with E-state index in [1.807, 2.05) is 10.7 Å². The minimum Gasteiger partial charge on any atom is -0.496 e. The number of carbonyl (C=O) groups excluding carboxylic acids is 1. The molecule has 1 saturated carbocycles. The van der Waals surface area contributed by atoms with Crippen molar-refractivity contribution in [2.75, 3.05) is 18.2 Å². The number of benzene rings is 1. The number of thioether (sulfide) groups is 1. The van der Waals surface area contributed by atoms with Crippen LogP contribution in [0.1, 0.15) is 37.3 Å². The lowest BCUT2D eigenvalue weighted by molar-refractivity contribution is -0.113. The van der Waals surface area contributed by atoms with Crippen LogP contribution in [0, 0.1) is 5.82 Å². The SMILES string of the molecule is COc1ccc(F)cc1CSCC(=O)Nc1ccnn1C1CCCC1. The number of anilines is 1. The lowest BCUT2D eigenvalue weighted by Gasteiger charge is -2.14. The molecule has 5 nitrogen and oxygen atoms in total. The van der Waals surface area contributed by atoms with Crippen molar-refractivity contribution in [1.29, 1.82) is 0 Å². The predicted octanol–water partition coefficient (Wildman–Crippen LogP) is 4.02. The van der Waals surface area contributed by atoms with Gasteiger partial charge in [-0.05, 0) is 31.0 Å². The third kappa shape index (κ3) is 4.54. The molecule has 0 atom stereocenters. The molecule has 0 aliphatic heterocycles. The molecule has 1 aliphatic carbocycles. The Morgan fingerprint density at radius 1 is 1.40 bits per heavy atom. The fraction of sp³-hybridized carbons (Fsp3) is 0.444. The van der Waals surface area contributed by atoms with Gasteiger partial charge in [0.1, 0.15) is 17.4 Å². The van der Waals surface area contributed by atoms with Crippen LogP contribution < -0.4 is 10.1 Å². The second-order valence-electron chi connectivity index (χ2n) is 6.10. The van der Waals surface area contributed by atoms with Gasteiger partial charge in [-0.25, -0.2) is 9.07 Å². The minimum absolute atomic E-state index is 0.0832. The van der Waals surface area contributed by atoms with E-state index in [1.54, 1.807) is 19.4 Å². The highest BCUT2D eigenvalue weighted by atomic mass is 32.2. The van der Waals surface area contributed by atoms with Crippen molar-refractivity contribution in [2.45, 2.75) is 37.5 Å². The first-order valence-corrected chi connectivity index (χ1v) is 9.56. The lowest BCUT2D eigenvalue weighted by Crippen LogP contribution is -2.19. The molecule has 0 unspecified atom stereocenters. The Hall–Kier alpha value is -2.02. The smallest absolute Gasteiger partial charge is 0.235 e. The zero-order valence-electron chi connectivity index (χ0n) is 14.2. The van der Waals surface area contributed by atoms with Crippen molar-refractivity contribution in [3.63, 3.8) is 0 Å². The molecule has 1 amide bonds. The molecule has 0 radical (unpaired) electrons. The zero-order valence-corrected chi connectivity index (χ0v) is 15.0. The van der Waals surface area contributed by atoms with E-state index < -0.39 is 0 Å². The second kappa shape index (κ2) is 8.38. The van der Waals surface area contributed by atoms with Gasteiger partial charge in [0.05, 0.1) is 25.1 Å². The molecular weight excluding hydrogens is 341 g/mol. The number of carbonyl (C=O) groups is 1. The van der Waals surface area contributed by atoms with Crippen LogP contribution in [0.15, 0.2) is 30.5 Å². The van der Waals surface area contributed by atoms with E-state index in [9.17, 15) is 9.18 Å². The standard InChI is InChI=1S/C18H22FN3O2S/c1-24-16-7-6-14(19)10-13(16)11-25-12-18(23)21-17-8-9-20-22(17)15-4-2-3-5-15/h6-10,15H,2-5,11-12H2,1H3,(H,21,23). The molecule has 1 N–H and O–H groups in total. The minimum atomic E-state index is -0.304. The maximum Gasteiger partial charge on any atom is 0.235 e. The van der Waals surface area contributed by atoms with Crippen LogP contribution in [0.4, 0.5) is 10.2 Å². The van der Waals surface area contributed by atoms with Gasteiger partial charge in [-0.15, -0.1) is 11.8 Å². The van der Waals surface area contributed by atoms with E-state index in [0.29, 0.717) is 17.5 Å². The summed E-state index contributed by atoms with van der Waals surface area (Å²) in [6.45, 7) is 0. The maximum atomic E-state index is 13.4. The molecule has 0 spiro atoms. The van der Waals surface area contributed by atoms with E-state index in [1.165, 1.54) is 36.7 Å². The molecule has 25 heavy (non-hydrogen) atoms. The molecule has 1 aromatic heterocycles. The number of hydrogen-bond acceptors (Lipinski definition) is 4. The highest BCUT2D eigenvalue weighted by molar-refractivity contribution is 7.99. The van der Waals surface area contributed by atoms with Gasteiger partial charge < -0.3 is 10.1 Å². The van der Waals surface area contributed by atoms with Crippen molar-refractivity contribution < 1.29 is 13.9 Å². The fourth-order valence-corrected chi connectivity index (χ4v) is 3.95. The van der Waals surface area contributed by atoms with Crippen LogP contribution in [-0.2, 0) is 10.5 Å². The molecule has 1 fully saturated rings. The molecule has 0 saturated heterocycles. The molecule has 7 heteroatoms. The number of hydrogen-bond donors (Lipinski definition) is 1. The zero-order chi connectivity index (χ0) is 17.6. The van der Waals surface area contributed by atoms with E-state index >= 15 is 0 Å². The number of nitrogens with zero attached hydrogens (tertiary/aromatic N) is 2. The average Bonchev–Trinajstić information content (AvgIpc) is 3.26. The van der Waals surface area contributed by atoms with Gasteiger partial charge in [0, 0.05) is 17.4 Å². The van der Waals surface area contributed by atoms with E-state index in [4.69, 9.17) is 4.74 Å². The van der Waals surface area contributed by atoms with Crippen LogP contribution in [0.2, 0.25) is 0 Å². The first-order chi connectivity index (χ1) is 12.2. The van der Waals surface area contributed by atoms with E-state index in [0.717, 1.165) is 24.2 Å². The van der Waals surface area contributed by atoms with Gasteiger partial charge in [0.2, 0.25) is 5.91 Å². The number of methoxy groups -OCH3 is 1. The van der Waals surface area contributed by atoms with E-state index in [-0.39, 0.29) is 17.5 Å². The number of ether oxygens (including phenoxy) is 1. The van der Waals surface area contributed by atoms with Crippen molar-refractivity contribution >= 4 is 23.5 Å². The van der Waals surface area contributed by atoms with Gasteiger partial charge >= 0.3 is 0 Å². The van der Waals surface area contributed by atoms with Crippen molar-refractivity contribution in [3.8, 4) is 5.75 Å². The molecule has 1 aliphatic rings. The summed E-state index contributed by atoms with van der Waals surface area (Å²) in [5, 5.41) is 7.28. The lowest BCUT2D eigenvalue weighted by atomic mass is 10.2. The Bertz CT molecular complexity index is 729. The summed E-state index contributed by atoms with van der Waals surface area (Å²) in [4.78, 5) is 12.2. The monoisotopic (exact) mass is 363 g/mol. The van der Waals surface area contributed by atoms with Gasteiger partial charge in [0.25, 0.3) is 0 Å². The first-order valence-electron chi connectivity index (χ1n) is 8.41. The maximum absolute atomic E-state index is 13.4. The Balaban J connectivity index is 1.52. The third-order valence-corrected chi connectivity index (χ3v) is 5.32. The summed E-state index contributed by atoms with van der Waals surface area (Å²) in [6.07, 6.45) is 6.36. The molecule has 134 valence electrons. The van der Waals surface area contributed by atoms with Gasteiger partial charge in [-0.1, -0.05) is 12.8 Å². The summed E-state index contributed by atoms with van der Waals surface area (Å²) in [5.74, 6) is 1.79. The Morgan fingerprint density at radius 3 is 2.96 bits per heavy atom. The molecule has 0 bridgehead atoms. The topological polar surface area (TPSA) is 56.1 Å². The Kier molecular flexibility index (Phi) is 5.96. The highest BCUT2D eigenvalue weighted by Crippen LogP contribution is 2.31. The molecule has 2 aromatic rings. The van der Waals surface area contributed by atoms with Crippen LogP contribution in [0.5, 0.6) is 5.75 Å². The summed E-state index contributed by atoms with van der Waals surface area (Å²) in [7, 11) is 1.55. The van der Waals surface area contributed by atoms with Gasteiger partial charge in [-0.2, -0.15) is 5.10 Å². The number of halogens is 1. The largest absolute Gasteiger partial charge is 0.496 e. The molecule has 1 heterocycles. The van der Waals surface area contributed by atoms with Crippen molar-refractivity contribution in [1.82, 2.24) is 9.78 Å². The molecule has 1 aromatic carbocycles.